The summed E-state index contributed by atoms with van der Waals surface area (Å²) in [5.41, 5.74) is 3.56. The van der Waals surface area contributed by atoms with Crippen molar-refractivity contribution in [2.45, 2.75) is 39.8 Å². The van der Waals surface area contributed by atoms with E-state index < -0.39 is 5.41 Å². The lowest BCUT2D eigenvalue weighted by Gasteiger charge is -2.41. The Balaban J connectivity index is 1.32. The Morgan fingerprint density at radius 2 is 1.75 bits per heavy atom. The molecule has 1 atom stereocenters. The molecule has 3 aromatic carbocycles. The number of oxazole rings is 1. The van der Waals surface area contributed by atoms with Crippen molar-refractivity contribution in [1.29, 1.82) is 0 Å². The summed E-state index contributed by atoms with van der Waals surface area (Å²) in [5.74, 6) is 1.33. The van der Waals surface area contributed by atoms with E-state index >= 15 is 0 Å². The lowest BCUT2D eigenvalue weighted by Crippen LogP contribution is -2.45. The summed E-state index contributed by atoms with van der Waals surface area (Å²) in [4.78, 5) is 32.3. The van der Waals surface area contributed by atoms with Crippen molar-refractivity contribution < 1.29 is 23.5 Å². The monoisotopic (exact) mass is 539 g/mol. The Hall–Kier alpha value is -4.59. The summed E-state index contributed by atoms with van der Waals surface area (Å²) in [6.07, 6.45) is 2.08. The molecule has 1 aliphatic heterocycles. The number of hydrogen-bond donors (Lipinski definition) is 1. The third-order valence-electron chi connectivity index (χ3n) is 6.86. The summed E-state index contributed by atoms with van der Waals surface area (Å²) in [6, 6.07) is 22.9. The molecule has 0 radical (unpaired) electrons. The molecule has 206 valence electrons. The highest BCUT2D eigenvalue weighted by molar-refractivity contribution is 6.02. The molecule has 0 bridgehead atoms. The van der Waals surface area contributed by atoms with Crippen molar-refractivity contribution >= 4 is 17.5 Å². The highest BCUT2D eigenvalue weighted by atomic mass is 16.5. The van der Waals surface area contributed by atoms with E-state index in [4.69, 9.17) is 13.9 Å². The molecule has 2 heterocycles. The van der Waals surface area contributed by atoms with Crippen LogP contribution in [-0.2, 0) is 17.8 Å². The van der Waals surface area contributed by atoms with Crippen LogP contribution in [0.1, 0.15) is 59.9 Å². The number of nitrogens with one attached hydrogen (secondary N) is 1. The summed E-state index contributed by atoms with van der Waals surface area (Å²) in [6.45, 7) is 6.56. The Bertz CT molecular complexity index is 1490. The van der Waals surface area contributed by atoms with Gasteiger partial charge in [-0.15, -0.1) is 0 Å². The van der Waals surface area contributed by atoms with Crippen molar-refractivity contribution in [2.75, 3.05) is 19.0 Å². The molecular weight excluding hydrogens is 506 g/mol. The fourth-order valence-corrected chi connectivity index (χ4v) is 4.82. The molecule has 1 aromatic heterocycles. The van der Waals surface area contributed by atoms with Gasteiger partial charge in [-0.3, -0.25) is 9.59 Å². The van der Waals surface area contributed by atoms with E-state index in [1.165, 1.54) is 11.8 Å². The number of amides is 2. The Morgan fingerprint density at radius 3 is 2.45 bits per heavy atom. The first kappa shape index (κ1) is 27.0. The smallest absolute Gasteiger partial charge is 0.277 e. The zero-order valence-electron chi connectivity index (χ0n) is 23.1. The minimum absolute atomic E-state index is 0.0508. The number of hydrogen-bond acceptors (Lipinski definition) is 6. The predicted molar refractivity (Wildman–Crippen MR) is 151 cm³/mol. The Morgan fingerprint density at radius 1 is 1.02 bits per heavy atom. The third-order valence-corrected chi connectivity index (χ3v) is 6.86. The van der Waals surface area contributed by atoms with Gasteiger partial charge < -0.3 is 24.1 Å². The van der Waals surface area contributed by atoms with Crippen LogP contribution in [-0.4, -0.2) is 35.4 Å². The van der Waals surface area contributed by atoms with Crippen LogP contribution in [0.4, 0.5) is 5.69 Å². The van der Waals surface area contributed by atoms with Crippen molar-refractivity contribution in [1.82, 2.24) is 9.88 Å². The van der Waals surface area contributed by atoms with E-state index in [1.54, 1.807) is 31.4 Å². The van der Waals surface area contributed by atoms with Crippen molar-refractivity contribution in [3.8, 4) is 11.5 Å². The number of aromatic nitrogens is 1. The summed E-state index contributed by atoms with van der Waals surface area (Å²) in [5, 5.41) is 2.78. The van der Waals surface area contributed by atoms with Crippen molar-refractivity contribution in [2.24, 2.45) is 5.41 Å². The van der Waals surface area contributed by atoms with Crippen LogP contribution < -0.4 is 14.8 Å². The minimum atomic E-state index is -0.499. The third kappa shape index (κ3) is 5.86. The van der Waals surface area contributed by atoms with Gasteiger partial charge in [-0.2, -0.15) is 0 Å². The van der Waals surface area contributed by atoms with Crippen LogP contribution in [0.5, 0.6) is 11.5 Å². The zero-order valence-corrected chi connectivity index (χ0v) is 23.1. The number of nitrogens with zero attached hydrogens (tertiary/aromatic N) is 2. The van der Waals surface area contributed by atoms with Gasteiger partial charge in [-0.25, -0.2) is 4.98 Å². The molecule has 0 saturated carbocycles. The minimum Gasteiger partial charge on any atom is -0.497 e. The predicted octanol–water partition coefficient (Wildman–Crippen LogP) is 6.03. The number of carbonyl (C=O) groups is 2. The van der Waals surface area contributed by atoms with E-state index in [9.17, 15) is 9.59 Å². The molecule has 1 N–H and O–H groups in total. The van der Waals surface area contributed by atoms with E-state index in [2.05, 4.69) is 28.5 Å². The van der Waals surface area contributed by atoms with E-state index in [1.807, 2.05) is 56.0 Å². The van der Waals surface area contributed by atoms with Crippen LogP contribution in [0.3, 0.4) is 0 Å². The maximum absolute atomic E-state index is 13.4. The Labute approximate surface area is 233 Å². The first-order valence-corrected chi connectivity index (χ1v) is 13.2. The van der Waals surface area contributed by atoms with Gasteiger partial charge in [0.25, 0.3) is 5.91 Å². The summed E-state index contributed by atoms with van der Waals surface area (Å²) >= 11 is 0. The molecule has 4 aromatic rings. The number of fused-ring (bicyclic) bond motifs is 1. The largest absolute Gasteiger partial charge is 0.497 e. The molecule has 8 nitrogen and oxygen atoms in total. The number of benzene rings is 3. The molecular formula is C32H33N3O5. The zero-order chi connectivity index (χ0) is 28.3. The lowest BCUT2D eigenvalue weighted by atomic mass is 9.85. The van der Waals surface area contributed by atoms with Gasteiger partial charge in [0, 0.05) is 17.6 Å². The second kappa shape index (κ2) is 11.3. The molecule has 1 aliphatic rings. The fourth-order valence-electron chi connectivity index (χ4n) is 4.82. The van der Waals surface area contributed by atoms with Crippen LogP contribution in [0, 0.1) is 5.41 Å². The van der Waals surface area contributed by atoms with E-state index in [0.717, 1.165) is 17.5 Å². The number of ether oxygens (including phenoxy) is 2. The SMILES string of the molecule is COc1ccc(NC(=O)c2coc(COc3ccc4c(c3)[C@H](c3ccccc3)N(C(=O)C(C)(C)C)CC4)n2)cc1. The van der Waals surface area contributed by atoms with Gasteiger partial charge in [0.15, 0.2) is 12.3 Å². The number of methoxy groups -OCH3 is 1. The molecule has 0 spiro atoms. The average Bonchev–Trinajstić information content (AvgIpc) is 3.45. The number of rotatable bonds is 7. The maximum atomic E-state index is 13.4. The summed E-state index contributed by atoms with van der Waals surface area (Å²) < 4.78 is 16.7. The van der Waals surface area contributed by atoms with Crippen LogP contribution in [0.2, 0.25) is 0 Å². The van der Waals surface area contributed by atoms with Gasteiger partial charge >= 0.3 is 0 Å². The molecule has 0 saturated heterocycles. The van der Waals surface area contributed by atoms with Crippen molar-refractivity contribution in [3.05, 3.63) is 107 Å². The standard InChI is InChI=1S/C32H33N3O5/c1-32(2,3)31(37)35-17-16-21-10-13-25(18-26(21)29(35)22-8-6-5-7-9-22)39-20-28-34-27(19-40-28)30(36)33-23-11-14-24(38-4)15-12-23/h5-15,18-19,29H,16-17,20H2,1-4H3,(H,33,36)/t29-/m0/s1. The molecule has 0 aliphatic carbocycles. The van der Waals surface area contributed by atoms with Gasteiger partial charge in [0.05, 0.1) is 13.2 Å². The molecule has 0 fully saturated rings. The normalized spacial score (nSPS) is 14.8. The second-order valence-electron chi connectivity index (χ2n) is 10.8. The van der Waals surface area contributed by atoms with Crippen LogP contribution >= 0.6 is 0 Å². The molecule has 2 amide bonds. The molecule has 8 heteroatoms. The van der Waals surface area contributed by atoms with E-state index in [0.29, 0.717) is 23.7 Å². The van der Waals surface area contributed by atoms with E-state index in [-0.39, 0.29) is 36.0 Å². The highest BCUT2D eigenvalue weighted by Gasteiger charge is 2.37. The number of anilines is 1. The second-order valence-corrected chi connectivity index (χ2v) is 10.8. The van der Waals surface area contributed by atoms with Crippen LogP contribution in [0.25, 0.3) is 0 Å². The van der Waals surface area contributed by atoms with Gasteiger partial charge in [-0.1, -0.05) is 57.2 Å². The maximum Gasteiger partial charge on any atom is 0.277 e. The highest BCUT2D eigenvalue weighted by Crippen LogP contribution is 2.39. The fraction of sp³-hybridized carbons (Fsp3) is 0.281. The number of carbonyl (C=O) groups excluding carboxylic acids is 2. The van der Waals surface area contributed by atoms with Gasteiger partial charge in [-0.05, 0) is 59.5 Å². The van der Waals surface area contributed by atoms with Crippen molar-refractivity contribution in [3.63, 3.8) is 0 Å². The van der Waals surface area contributed by atoms with Crippen LogP contribution in [0.15, 0.2) is 83.5 Å². The molecule has 40 heavy (non-hydrogen) atoms. The first-order chi connectivity index (χ1) is 19.2. The summed E-state index contributed by atoms with van der Waals surface area (Å²) in [7, 11) is 1.58. The topological polar surface area (TPSA) is 93.9 Å². The average molecular weight is 540 g/mol. The first-order valence-electron chi connectivity index (χ1n) is 13.2. The lowest BCUT2D eigenvalue weighted by molar-refractivity contribution is -0.141. The Kier molecular flexibility index (Phi) is 7.60. The van der Waals surface area contributed by atoms with Gasteiger partial charge in [0.1, 0.15) is 17.8 Å². The molecule has 0 unspecified atom stereocenters. The quantitative estimate of drug-likeness (QED) is 0.308. The molecule has 5 rings (SSSR count). The van der Waals surface area contributed by atoms with Gasteiger partial charge in [0.2, 0.25) is 11.8 Å².